The summed E-state index contributed by atoms with van der Waals surface area (Å²) in [5.74, 6) is 0.268. The fraction of sp³-hybridized carbons (Fsp3) is 0.250. The largest absolute Gasteiger partial charge is 0.461 e. The Morgan fingerprint density at radius 3 is 2.71 bits per heavy atom. The molecule has 3 aromatic rings. The summed E-state index contributed by atoms with van der Waals surface area (Å²) in [5.41, 5.74) is 2.22. The van der Waals surface area contributed by atoms with Gasteiger partial charge in [-0.1, -0.05) is 0 Å². The van der Waals surface area contributed by atoms with Gasteiger partial charge in [0.05, 0.1) is 5.39 Å². The van der Waals surface area contributed by atoms with Crippen molar-refractivity contribution in [2.24, 2.45) is 0 Å². The lowest BCUT2D eigenvalue weighted by atomic mass is 10.1. The van der Waals surface area contributed by atoms with Crippen LogP contribution in [0.1, 0.15) is 23.8 Å². The van der Waals surface area contributed by atoms with Crippen LogP contribution >= 0.6 is 0 Å². The number of hydrogen-bond donors (Lipinski definition) is 0. The van der Waals surface area contributed by atoms with Crippen LogP contribution in [0, 0.1) is 13.8 Å². The quantitative estimate of drug-likeness (QED) is 0.534. The predicted octanol–water partition coefficient (Wildman–Crippen LogP) is 3.22. The fourth-order valence-corrected chi connectivity index (χ4v) is 2.49. The molecule has 0 radical (unpaired) electrons. The number of carbonyl (C=O) groups is 1. The summed E-state index contributed by atoms with van der Waals surface area (Å²) >= 11 is 0. The van der Waals surface area contributed by atoms with Crippen molar-refractivity contribution in [3.63, 3.8) is 0 Å². The number of esters is 1. The molecule has 2 heterocycles. The second-order valence-corrected chi connectivity index (χ2v) is 4.98. The maximum absolute atomic E-state index is 11.6. The maximum atomic E-state index is 11.6. The van der Waals surface area contributed by atoms with Crippen LogP contribution in [-0.4, -0.2) is 5.97 Å². The van der Waals surface area contributed by atoms with Crippen molar-refractivity contribution in [1.82, 2.24) is 0 Å². The van der Waals surface area contributed by atoms with Gasteiger partial charge in [-0.15, -0.1) is 0 Å². The van der Waals surface area contributed by atoms with E-state index < -0.39 is 5.63 Å². The van der Waals surface area contributed by atoms with E-state index >= 15 is 0 Å². The van der Waals surface area contributed by atoms with E-state index in [1.807, 2.05) is 19.1 Å². The molecule has 0 N–H and O–H groups in total. The van der Waals surface area contributed by atoms with Crippen LogP contribution in [0.4, 0.5) is 0 Å². The van der Waals surface area contributed by atoms with Crippen LogP contribution in [0.15, 0.2) is 31.8 Å². The summed E-state index contributed by atoms with van der Waals surface area (Å²) in [6, 6.07) is 5.14. The van der Waals surface area contributed by atoms with Crippen molar-refractivity contribution < 1.29 is 18.4 Å². The fourth-order valence-electron chi connectivity index (χ4n) is 2.49. The zero-order chi connectivity index (χ0) is 15.1. The zero-order valence-corrected chi connectivity index (χ0v) is 12.0. The minimum atomic E-state index is -0.412. The van der Waals surface area contributed by atoms with E-state index in [0.717, 1.165) is 16.5 Å². The van der Waals surface area contributed by atoms with Gasteiger partial charge in [0.15, 0.2) is 0 Å². The molecule has 0 unspecified atom stereocenters. The molecule has 5 nitrogen and oxygen atoms in total. The van der Waals surface area contributed by atoms with Gasteiger partial charge in [0.25, 0.3) is 0 Å². The molecule has 0 atom stereocenters. The number of furan rings is 1. The molecule has 5 heteroatoms. The van der Waals surface area contributed by atoms with Gasteiger partial charge in [0.1, 0.15) is 23.5 Å². The highest BCUT2D eigenvalue weighted by molar-refractivity contribution is 6.05. The maximum Gasteiger partial charge on any atom is 0.336 e. The van der Waals surface area contributed by atoms with Crippen molar-refractivity contribution in [1.29, 1.82) is 0 Å². The standard InChI is InChI=1S/C16H14O5/c1-8-6-14(18)21-16-11(8)4-5-13-15(16)12(9(2)20-13)7-19-10(3)17/h4-6H,7H2,1-3H3. The first-order valence-electron chi connectivity index (χ1n) is 6.56. The predicted molar refractivity (Wildman–Crippen MR) is 77.2 cm³/mol. The van der Waals surface area contributed by atoms with E-state index in [-0.39, 0.29) is 12.6 Å². The van der Waals surface area contributed by atoms with Crippen molar-refractivity contribution >= 4 is 27.9 Å². The van der Waals surface area contributed by atoms with Gasteiger partial charge in [-0.05, 0) is 31.5 Å². The molecule has 3 rings (SSSR count). The van der Waals surface area contributed by atoms with Gasteiger partial charge in [-0.3, -0.25) is 4.79 Å². The molecule has 0 aliphatic carbocycles. The van der Waals surface area contributed by atoms with Crippen LogP contribution < -0.4 is 5.63 Å². The minimum absolute atomic E-state index is 0.0882. The number of fused-ring (bicyclic) bond motifs is 3. The number of aryl methyl sites for hydroxylation is 2. The molecule has 108 valence electrons. The van der Waals surface area contributed by atoms with Crippen LogP contribution in [0.3, 0.4) is 0 Å². The average molecular weight is 286 g/mol. The summed E-state index contributed by atoms with van der Waals surface area (Å²) in [6.45, 7) is 5.08. The van der Waals surface area contributed by atoms with Crippen molar-refractivity contribution in [3.8, 4) is 0 Å². The number of rotatable bonds is 2. The number of hydrogen-bond acceptors (Lipinski definition) is 5. The Morgan fingerprint density at radius 2 is 2.00 bits per heavy atom. The second-order valence-electron chi connectivity index (χ2n) is 4.98. The van der Waals surface area contributed by atoms with Gasteiger partial charge in [0.2, 0.25) is 0 Å². The van der Waals surface area contributed by atoms with Crippen molar-refractivity contribution in [3.05, 3.63) is 45.5 Å². The van der Waals surface area contributed by atoms with Gasteiger partial charge in [-0.2, -0.15) is 0 Å². The highest BCUT2D eigenvalue weighted by Crippen LogP contribution is 2.33. The van der Waals surface area contributed by atoms with E-state index in [1.165, 1.54) is 13.0 Å². The monoisotopic (exact) mass is 286 g/mol. The van der Waals surface area contributed by atoms with E-state index in [1.54, 1.807) is 6.92 Å². The van der Waals surface area contributed by atoms with E-state index in [4.69, 9.17) is 13.6 Å². The Morgan fingerprint density at radius 1 is 1.24 bits per heavy atom. The lowest BCUT2D eigenvalue weighted by Crippen LogP contribution is -2.01. The summed E-state index contributed by atoms with van der Waals surface area (Å²) in [6.07, 6.45) is 0. The molecule has 21 heavy (non-hydrogen) atoms. The third kappa shape index (κ3) is 2.20. The highest BCUT2D eigenvalue weighted by atomic mass is 16.5. The summed E-state index contributed by atoms with van der Waals surface area (Å²) < 4.78 is 16.1. The normalized spacial score (nSPS) is 11.2. The molecule has 0 bridgehead atoms. The summed E-state index contributed by atoms with van der Waals surface area (Å²) in [4.78, 5) is 22.7. The molecule has 0 amide bonds. The Hall–Kier alpha value is -2.56. The minimum Gasteiger partial charge on any atom is -0.461 e. The topological polar surface area (TPSA) is 69.7 Å². The SMILES string of the molecule is CC(=O)OCc1c(C)oc2ccc3c(C)cc(=O)oc3c12. The summed E-state index contributed by atoms with van der Waals surface area (Å²) in [7, 11) is 0. The van der Waals surface area contributed by atoms with Crippen molar-refractivity contribution in [2.75, 3.05) is 0 Å². The molecule has 0 aliphatic rings. The Kier molecular flexibility index (Phi) is 3.05. The first-order valence-corrected chi connectivity index (χ1v) is 6.56. The third-order valence-electron chi connectivity index (χ3n) is 3.49. The van der Waals surface area contributed by atoms with E-state index in [9.17, 15) is 9.59 Å². The smallest absolute Gasteiger partial charge is 0.336 e. The van der Waals surface area contributed by atoms with Gasteiger partial charge in [0, 0.05) is 23.9 Å². The molecule has 0 aliphatic heterocycles. The lowest BCUT2D eigenvalue weighted by Gasteiger charge is -2.04. The second kappa shape index (κ2) is 4.77. The van der Waals surface area contributed by atoms with Crippen LogP contribution in [0.2, 0.25) is 0 Å². The first kappa shape index (κ1) is 13.4. The molecule has 0 spiro atoms. The Labute approximate surface area is 120 Å². The highest BCUT2D eigenvalue weighted by Gasteiger charge is 2.17. The van der Waals surface area contributed by atoms with Crippen molar-refractivity contribution in [2.45, 2.75) is 27.4 Å². The van der Waals surface area contributed by atoms with Gasteiger partial charge >= 0.3 is 11.6 Å². The first-order chi connectivity index (χ1) is 9.97. The van der Waals surface area contributed by atoms with E-state index in [0.29, 0.717) is 22.3 Å². The number of benzene rings is 1. The molecule has 2 aromatic heterocycles. The number of carbonyl (C=O) groups excluding carboxylic acids is 1. The van der Waals surface area contributed by atoms with Gasteiger partial charge < -0.3 is 13.6 Å². The van der Waals surface area contributed by atoms with Crippen LogP contribution in [-0.2, 0) is 16.1 Å². The molecule has 0 saturated carbocycles. The lowest BCUT2D eigenvalue weighted by molar-refractivity contribution is -0.142. The molecular weight excluding hydrogens is 272 g/mol. The molecule has 1 aromatic carbocycles. The molecule has 0 saturated heterocycles. The molecule has 0 fully saturated rings. The Balaban J connectivity index is 2.36. The van der Waals surface area contributed by atoms with Gasteiger partial charge in [-0.25, -0.2) is 4.79 Å². The van der Waals surface area contributed by atoms with Crippen LogP contribution in [0.5, 0.6) is 0 Å². The Bertz CT molecular complexity index is 914. The molecular formula is C16H14O5. The van der Waals surface area contributed by atoms with Crippen LogP contribution in [0.25, 0.3) is 21.9 Å². The average Bonchev–Trinajstić information content (AvgIpc) is 2.72. The third-order valence-corrected chi connectivity index (χ3v) is 3.49. The zero-order valence-electron chi connectivity index (χ0n) is 12.0. The summed E-state index contributed by atoms with van der Waals surface area (Å²) in [5, 5.41) is 1.53. The number of ether oxygens (including phenoxy) is 1. The van der Waals surface area contributed by atoms with E-state index in [2.05, 4.69) is 0 Å².